The van der Waals surface area contributed by atoms with Crippen molar-refractivity contribution in [2.75, 3.05) is 26.3 Å². The minimum Gasteiger partial charge on any atom is -0.395 e. The molecule has 2 rings (SSSR count). The first-order valence-corrected chi connectivity index (χ1v) is 9.45. The van der Waals surface area contributed by atoms with Crippen LogP contribution in [0.25, 0.3) is 0 Å². The van der Waals surface area contributed by atoms with Gasteiger partial charge < -0.3 is 26.0 Å². The highest BCUT2D eigenvalue weighted by Gasteiger charge is 2.44. The molecule has 6 nitrogen and oxygen atoms in total. The molecule has 28 heavy (non-hydrogen) atoms. The van der Waals surface area contributed by atoms with Gasteiger partial charge in [0.05, 0.1) is 13.2 Å². The maximum absolute atomic E-state index is 13.2. The lowest BCUT2D eigenvalue weighted by molar-refractivity contribution is -0.132. The Bertz CT molecular complexity index is 751. The molecule has 6 heteroatoms. The number of Topliss-reactive ketones (excluding diaryl/α,β-unsaturated/α-hetero) is 1. The van der Waals surface area contributed by atoms with Gasteiger partial charge in [0.1, 0.15) is 11.6 Å². The first-order valence-electron chi connectivity index (χ1n) is 9.45. The third-order valence-corrected chi connectivity index (χ3v) is 5.22. The SMILES string of the molecule is CC=C(C)C1C=C(N(CCO)CCO)C=CC1(N)C(=O)C(O)c1ccccc1. The van der Waals surface area contributed by atoms with Crippen molar-refractivity contribution in [1.82, 2.24) is 4.90 Å². The Morgan fingerprint density at radius 3 is 2.39 bits per heavy atom. The first kappa shape index (κ1) is 22.0. The van der Waals surface area contributed by atoms with E-state index in [1.165, 1.54) is 0 Å². The molecule has 1 aliphatic rings. The smallest absolute Gasteiger partial charge is 0.190 e. The van der Waals surface area contributed by atoms with E-state index in [2.05, 4.69) is 0 Å². The summed E-state index contributed by atoms with van der Waals surface area (Å²) in [6.07, 6.45) is 5.78. The zero-order valence-electron chi connectivity index (χ0n) is 16.5. The van der Waals surface area contributed by atoms with E-state index in [-0.39, 0.29) is 13.2 Å². The average Bonchev–Trinajstić information content (AvgIpc) is 2.73. The van der Waals surface area contributed by atoms with E-state index in [4.69, 9.17) is 5.73 Å². The second-order valence-corrected chi connectivity index (χ2v) is 6.98. The summed E-state index contributed by atoms with van der Waals surface area (Å²) < 4.78 is 0. The zero-order chi connectivity index (χ0) is 20.7. The Morgan fingerprint density at radius 1 is 1.25 bits per heavy atom. The van der Waals surface area contributed by atoms with E-state index in [1.54, 1.807) is 36.4 Å². The van der Waals surface area contributed by atoms with Crippen molar-refractivity contribution in [2.45, 2.75) is 25.5 Å². The molecular formula is C22H30N2O4. The van der Waals surface area contributed by atoms with Crippen molar-refractivity contribution in [1.29, 1.82) is 0 Å². The maximum Gasteiger partial charge on any atom is 0.190 e. The quantitative estimate of drug-likeness (QED) is 0.477. The number of ketones is 1. The second kappa shape index (κ2) is 9.80. The number of nitrogens with two attached hydrogens (primary N) is 1. The topological polar surface area (TPSA) is 107 Å². The van der Waals surface area contributed by atoms with Gasteiger partial charge in [-0.25, -0.2) is 0 Å². The summed E-state index contributed by atoms with van der Waals surface area (Å²) in [5.41, 5.74) is 7.34. The normalized spacial score (nSPS) is 23.3. The molecule has 3 atom stereocenters. The van der Waals surface area contributed by atoms with Crippen LogP contribution in [0.5, 0.6) is 0 Å². The number of benzene rings is 1. The molecule has 0 aromatic heterocycles. The lowest BCUT2D eigenvalue weighted by atomic mass is 9.72. The number of carbonyl (C=O) groups is 1. The minimum absolute atomic E-state index is 0.0577. The fraction of sp³-hybridized carbons (Fsp3) is 0.409. The Morgan fingerprint density at radius 2 is 1.86 bits per heavy atom. The molecule has 0 saturated heterocycles. The molecule has 5 N–H and O–H groups in total. The summed E-state index contributed by atoms with van der Waals surface area (Å²) in [6.45, 7) is 4.37. The molecule has 0 aliphatic heterocycles. The van der Waals surface area contributed by atoms with Gasteiger partial charge in [-0.05, 0) is 25.5 Å². The number of aliphatic hydroxyl groups excluding tert-OH is 3. The Balaban J connectivity index is 2.40. The number of rotatable bonds is 9. The van der Waals surface area contributed by atoms with E-state index < -0.39 is 23.3 Å². The summed E-state index contributed by atoms with van der Waals surface area (Å²) in [5, 5.41) is 29.3. The summed E-state index contributed by atoms with van der Waals surface area (Å²) in [7, 11) is 0. The number of hydrogen-bond acceptors (Lipinski definition) is 6. The van der Waals surface area contributed by atoms with Gasteiger partial charge in [0.2, 0.25) is 0 Å². The molecule has 1 aromatic rings. The van der Waals surface area contributed by atoms with Crippen LogP contribution >= 0.6 is 0 Å². The van der Waals surface area contributed by atoms with Crippen molar-refractivity contribution in [3.8, 4) is 0 Å². The number of carbonyl (C=O) groups excluding carboxylic acids is 1. The van der Waals surface area contributed by atoms with Gasteiger partial charge in [-0.3, -0.25) is 4.79 Å². The molecule has 152 valence electrons. The van der Waals surface area contributed by atoms with E-state index in [0.29, 0.717) is 18.7 Å². The van der Waals surface area contributed by atoms with Crippen molar-refractivity contribution < 1.29 is 20.1 Å². The molecule has 1 aliphatic carbocycles. The maximum atomic E-state index is 13.2. The molecule has 0 amide bonds. The highest BCUT2D eigenvalue weighted by molar-refractivity contribution is 5.96. The monoisotopic (exact) mass is 386 g/mol. The summed E-state index contributed by atoms with van der Waals surface area (Å²) in [5.74, 6) is -0.935. The predicted octanol–water partition coefficient (Wildman–Crippen LogP) is 1.31. The third kappa shape index (κ3) is 4.59. The summed E-state index contributed by atoms with van der Waals surface area (Å²) in [6, 6.07) is 8.74. The Kier molecular flexibility index (Phi) is 7.71. The molecule has 0 fully saturated rings. The van der Waals surface area contributed by atoms with Crippen molar-refractivity contribution in [2.24, 2.45) is 11.7 Å². The molecule has 0 heterocycles. The lowest BCUT2D eigenvalue weighted by Gasteiger charge is -2.39. The van der Waals surface area contributed by atoms with Crippen molar-refractivity contribution >= 4 is 5.78 Å². The van der Waals surface area contributed by atoms with Gasteiger partial charge in [0.15, 0.2) is 5.78 Å². The second-order valence-electron chi connectivity index (χ2n) is 6.98. The summed E-state index contributed by atoms with van der Waals surface area (Å²) in [4.78, 5) is 15.0. The molecule has 0 spiro atoms. The molecular weight excluding hydrogens is 356 g/mol. The van der Waals surface area contributed by atoms with Crippen LogP contribution in [0, 0.1) is 5.92 Å². The van der Waals surface area contributed by atoms with Crippen molar-refractivity contribution in [3.63, 3.8) is 0 Å². The third-order valence-electron chi connectivity index (χ3n) is 5.22. The van der Waals surface area contributed by atoms with Crippen molar-refractivity contribution in [3.05, 3.63) is 71.5 Å². The highest BCUT2D eigenvalue weighted by Crippen LogP contribution is 2.35. The number of hydrogen-bond donors (Lipinski definition) is 4. The molecule has 0 saturated carbocycles. The van der Waals surface area contributed by atoms with Crippen LogP contribution in [-0.2, 0) is 4.79 Å². The van der Waals surface area contributed by atoms with Crippen LogP contribution in [0.4, 0.5) is 0 Å². The lowest BCUT2D eigenvalue weighted by Crippen LogP contribution is -2.55. The first-order chi connectivity index (χ1) is 13.4. The Hall–Kier alpha value is -2.25. The van der Waals surface area contributed by atoms with E-state index in [9.17, 15) is 20.1 Å². The van der Waals surface area contributed by atoms with Crippen LogP contribution in [0.3, 0.4) is 0 Å². The highest BCUT2D eigenvalue weighted by atomic mass is 16.3. The summed E-state index contributed by atoms with van der Waals surface area (Å²) >= 11 is 0. The largest absolute Gasteiger partial charge is 0.395 e. The Labute approximate surface area is 166 Å². The average molecular weight is 386 g/mol. The standard InChI is InChI=1S/C22H30N2O4/c1-3-16(2)19-15-18(24(11-13-25)12-14-26)9-10-22(19,23)21(28)20(27)17-7-5-4-6-8-17/h3-10,15,19-20,25-27H,11-14,23H2,1-2H3. The van der Waals surface area contributed by atoms with Gasteiger partial charge in [0, 0.05) is 24.7 Å². The van der Waals surface area contributed by atoms with Gasteiger partial charge in [-0.15, -0.1) is 0 Å². The molecule has 0 bridgehead atoms. The fourth-order valence-electron chi connectivity index (χ4n) is 3.46. The van der Waals surface area contributed by atoms with Gasteiger partial charge in [-0.1, -0.05) is 54.1 Å². The van der Waals surface area contributed by atoms with E-state index in [1.807, 2.05) is 37.0 Å². The number of allylic oxidation sites excluding steroid dienone is 2. The minimum atomic E-state index is -1.40. The molecule has 0 radical (unpaired) electrons. The molecule has 3 unspecified atom stereocenters. The number of nitrogens with zero attached hydrogens (tertiary/aromatic N) is 1. The predicted molar refractivity (Wildman–Crippen MR) is 109 cm³/mol. The van der Waals surface area contributed by atoms with Crippen LogP contribution in [-0.4, -0.2) is 57.8 Å². The van der Waals surface area contributed by atoms with Crippen LogP contribution in [0.15, 0.2) is 65.9 Å². The van der Waals surface area contributed by atoms with Crippen LogP contribution < -0.4 is 5.73 Å². The zero-order valence-corrected chi connectivity index (χ0v) is 16.5. The van der Waals surface area contributed by atoms with Crippen LogP contribution in [0.1, 0.15) is 25.5 Å². The van der Waals surface area contributed by atoms with E-state index in [0.717, 1.165) is 11.3 Å². The molecule has 1 aromatic carbocycles. The van der Waals surface area contributed by atoms with Crippen LogP contribution in [0.2, 0.25) is 0 Å². The van der Waals surface area contributed by atoms with Gasteiger partial charge in [0.25, 0.3) is 0 Å². The fourth-order valence-corrected chi connectivity index (χ4v) is 3.46. The van der Waals surface area contributed by atoms with Gasteiger partial charge in [-0.2, -0.15) is 0 Å². The van der Waals surface area contributed by atoms with E-state index >= 15 is 0 Å². The number of aliphatic hydroxyl groups is 3. The van der Waals surface area contributed by atoms with Gasteiger partial charge >= 0.3 is 0 Å².